The van der Waals surface area contributed by atoms with Gasteiger partial charge in [0.05, 0.1) is 19.8 Å². The van der Waals surface area contributed by atoms with Gasteiger partial charge in [0.2, 0.25) is 11.8 Å². The number of nitrogens with one attached hydrogen (secondary N) is 2. The number of methoxy groups -OCH3 is 1. The number of nitrogens with two attached hydrogens (primary N) is 2. The maximum Gasteiger partial charge on any atom is 0.407 e. The van der Waals surface area contributed by atoms with Gasteiger partial charge in [-0.3, -0.25) is 14.5 Å². The lowest BCUT2D eigenvalue weighted by molar-refractivity contribution is -0.144. The van der Waals surface area contributed by atoms with E-state index in [0.29, 0.717) is 45.8 Å². The van der Waals surface area contributed by atoms with Crippen LogP contribution in [0.25, 0.3) is 0 Å². The van der Waals surface area contributed by atoms with Gasteiger partial charge >= 0.3 is 6.09 Å². The minimum Gasteiger partial charge on any atom is -0.447 e. The van der Waals surface area contributed by atoms with Gasteiger partial charge in [-0.1, -0.05) is 6.42 Å². The van der Waals surface area contributed by atoms with Crippen LogP contribution in [0.5, 0.6) is 0 Å². The van der Waals surface area contributed by atoms with E-state index in [1.807, 2.05) is 0 Å². The third-order valence-corrected chi connectivity index (χ3v) is 4.03. The van der Waals surface area contributed by atoms with Crippen molar-refractivity contribution in [3.8, 4) is 0 Å². The molecule has 176 valence electrons. The smallest absolute Gasteiger partial charge is 0.407 e. The van der Waals surface area contributed by atoms with Crippen LogP contribution in [-0.2, 0) is 23.8 Å². The quantitative estimate of drug-likeness (QED) is 0.191. The number of nitrogens with zero attached hydrogens (tertiary/aromatic N) is 1. The van der Waals surface area contributed by atoms with E-state index in [-0.39, 0.29) is 51.0 Å². The van der Waals surface area contributed by atoms with Gasteiger partial charge in [0.15, 0.2) is 0 Å². The van der Waals surface area contributed by atoms with Crippen LogP contribution in [0.1, 0.15) is 32.1 Å². The Morgan fingerprint density at radius 1 is 0.833 bits per heavy atom. The van der Waals surface area contributed by atoms with Crippen molar-refractivity contribution in [2.45, 2.75) is 32.1 Å². The summed E-state index contributed by atoms with van der Waals surface area (Å²) in [6, 6.07) is 0. The summed E-state index contributed by atoms with van der Waals surface area (Å²) in [5.74, 6) is -0.539. The fourth-order valence-electron chi connectivity index (χ4n) is 2.44. The number of carbonyl (C=O) groups is 3. The molecule has 0 saturated heterocycles. The van der Waals surface area contributed by atoms with E-state index >= 15 is 0 Å². The fraction of sp³-hybridized carbons (Fsp3) is 0.842. The Kier molecular flexibility index (Phi) is 19.3. The predicted molar refractivity (Wildman–Crippen MR) is 113 cm³/mol. The molecule has 0 rings (SSSR count). The van der Waals surface area contributed by atoms with Gasteiger partial charge in [-0.05, 0) is 19.4 Å². The van der Waals surface area contributed by atoms with Crippen molar-refractivity contribution in [1.82, 2.24) is 15.5 Å². The van der Waals surface area contributed by atoms with Gasteiger partial charge < -0.3 is 36.3 Å². The summed E-state index contributed by atoms with van der Waals surface area (Å²) >= 11 is 0. The molecule has 0 bridgehead atoms. The van der Waals surface area contributed by atoms with E-state index < -0.39 is 6.09 Å². The van der Waals surface area contributed by atoms with Gasteiger partial charge in [-0.25, -0.2) is 4.79 Å². The molecule has 6 N–H and O–H groups in total. The van der Waals surface area contributed by atoms with Crippen molar-refractivity contribution in [1.29, 1.82) is 0 Å². The first-order valence-corrected chi connectivity index (χ1v) is 10.5. The van der Waals surface area contributed by atoms with E-state index in [1.54, 1.807) is 7.11 Å². The fourth-order valence-corrected chi connectivity index (χ4v) is 2.44. The maximum atomic E-state index is 12.5. The summed E-state index contributed by atoms with van der Waals surface area (Å²) in [5, 5.41) is 5.57. The highest BCUT2D eigenvalue weighted by molar-refractivity contribution is 5.95. The molecule has 0 aromatic carbocycles. The van der Waals surface area contributed by atoms with Gasteiger partial charge in [0.25, 0.3) is 0 Å². The number of rotatable bonds is 19. The number of ether oxygens (including phenoxy) is 3. The highest BCUT2D eigenvalue weighted by Gasteiger charge is 2.20. The van der Waals surface area contributed by atoms with Gasteiger partial charge in [0, 0.05) is 52.7 Å². The second-order valence-electron chi connectivity index (χ2n) is 6.49. The van der Waals surface area contributed by atoms with Gasteiger partial charge in [0.1, 0.15) is 6.61 Å². The molecule has 0 heterocycles. The first kappa shape index (κ1) is 28.2. The van der Waals surface area contributed by atoms with Crippen LogP contribution in [0, 0.1) is 0 Å². The first-order valence-electron chi connectivity index (χ1n) is 10.5. The van der Waals surface area contributed by atoms with Crippen molar-refractivity contribution in [3.05, 3.63) is 0 Å². The maximum absolute atomic E-state index is 12.5. The minimum absolute atomic E-state index is 0.0882. The molecule has 0 aromatic heterocycles. The summed E-state index contributed by atoms with van der Waals surface area (Å²) in [6.45, 7) is 3.54. The van der Waals surface area contributed by atoms with Crippen LogP contribution in [0.3, 0.4) is 0 Å². The second-order valence-corrected chi connectivity index (χ2v) is 6.49. The largest absolute Gasteiger partial charge is 0.447 e. The molecule has 0 atom stereocenters. The number of carbonyl (C=O) groups excluding carboxylic acids is 3. The van der Waals surface area contributed by atoms with E-state index in [2.05, 4.69) is 10.6 Å². The number of amides is 3. The molecular weight excluding hydrogens is 394 g/mol. The lowest BCUT2D eigenvalue weighted by atomic mass is 10.1. The molecule has 11 nitrogen and oxygen atoms in total. The van der Waals surface area contributed by atoms with Crippen LogP contribution < -0.4 is 22.1 Å². The van der Waals surface area contributed by atoms with Crippen LogP contribution in [-0.4, -0.2) is 95.6 Å². The van der Waals surface area contributed by atoms with E-state index in [0.717, 1.165) is 12.8 Å². The lowest BCUT2D eigenvalue weighted by Gasteiger charge is -2.21. The Bertz CT molecular complexity index is 443. The average Bonchev–Trinajstić information content (AvgIpc) is 2.74. The zero-order valence-corrected chi connectivity index (χ0v) is 18.2. The third-order valence-electron chi connectivity index (χ3n) is 4.03. The number of alkyl carbamates (subject to hydrolysis) is 1. The summed E-state index contributed by atoms with van der Waals surface area (Å²) < 4.78 is 15.0. The minimum atomic E-state index is -0.627. The Morgan fingerprint density at radius 2 is 1.57 bits per heavy atom. The second kappa shape index (κ2) is 20.5. The molecule has 0 saturated carbocycles. The van der Waals surface area contributed by atoms with E-state index in [9.17, 15) is 14.4 Å². The molecule has 30 heavy (non-hydrogen) atoms. The van der Waals surface area contributed by atoms with Crippen molar-refractivity contribution in [3.63, 3.8) is 0 Å². The molecular formula is C19H39N5O6. The molecule has 0 radical (unpaired) electrons. The van der Waals surface area contributed by atoms with Gasteiger partial charge in [-0.2, -0.15) is 0 Å². The molecule has 0 spiro atoms. The summed E-state index contributed by atoms with van der Waals surface area (Å²) in [5.41, 5.74) is 10.9. The number of hydrogen-bond acceptors (Lipinski definition) is 9. The van der Waals surface area contributed by atoms with Crippen molar-refractivity contribution >= 4 is 17.9 Å². The van der Waals surface area contributed by atoms with E-state index in [1.165, 1.54) is 4.90 Å². The molecule has 0 fully saturated rings. The van der Waals surface area contributed by atoms with Crippen molar-refractivity contribution in [2.75, 3.05) is 72.8 Å². The molecule has 0 aromatic rings. The monoisotopic (exact) mass is 433 g/mol. The lowest BCUT2D eigenvalue weighted by Crippen LogP contribution is -2.43. The highest BCUT2D eigenvalue weighted by atomic mass is 16.6. The zero-order chi connectivity index (χ0) is 22.5. The molecule has 11 heteroatoms. The number of imide groups is 1. The molecule has 0 aliphatic rings. The normalized spacial score (nSPS) is 10.6. The van der Waals surface area contributed by atoms with Crippen LogP contribution >= 0.6 is 0 Å². The Hall–Kier alpha value is -1.79. The van der Waals surface area contributed by atoms with Gasteiger partial charge in [-0.15, -0.1) is 0 Å². The highest BCUT2D eigenvalue weighted by Crippen LogP contribution is 2.05. The number of hydrogen-bond donors (Lipinski definition) is 4. The van der Waals surface area contributed by atoms with Crippen molar-refractivity contribution in [2.24, 2.45) is 11.5 Å². The van der Waals surface area contributed by atoms with E-state index in [4.69, 9.17) is 25.7 Å². The predicted octanol–water partition coefficient (Wildman–Crippen LogP) is -0.812. The van der Waals surface area contributed by atoms with Crippen molar-refractivity contribution < 1.29 is 28.6 Å². The Balaban J connectivity index is 4.31. The van der Waals surface area contributed by atoms with Crippen LogP contribution in [0.15, 0.2) is 0 Å². The summed E-state index contributed by atoms with van der Waals surface area (Å²) in [6.07, 6.45) is 2.16. The van der Waals surface area contributed by atoms with Crippen LogP contribution in [0.2, 0.25) is 0 Å². The molecule has 0 aliphatic carbocycles. The first-order chi connectivity index (χ1) is 14.6. The molecule has 3 amide bonds. The SMILES string of the molecule is COCCOCCOC(=O)NCCN(C(=O)CCCCCN)C(=O)CCNCCN. The summed E-state index contributed by atoms with van der Waals surface area (Å²) in [7, 11) is 1.57. The average molecular weight is 434 g/mol. The molecule has 0 aliphatic heterocycles. The Labute approximate surface area is 179 Å². The zero-order valence-electron chi connectivity index (χ0n) is 18.2. The topological polar surface area (TPSA) is 158 Å². The Morgan fingerprint density at radius 3 is 2.27 bits per heavy atom. The molecule has 0 unspecified atom stereocenters. The van der Waals surface area contributed by atoms with Crippen LogP contribution in [0.4, 0.5) is 4.79 Å². The standard InChI is InChI=1S/C19H39N5O6/c1-28-13-14-29-15-16-30-19(27)23-11-12-24(17(25)5-3-2-4-7-20)18(26)6-9-22-10-8-21/h22H,2-16,20-21H2,1H3,(H,23,27). The number of unbranched alkanes of at least 4 members (excludes halogenated alkanes) is 2. The third kappa shape index (κ3) is 16.1. The summed E-state index contributed by atoms with van der Waals surface area (Å²) in [4.78, 5) is 37.8.